The first-order valence-corrected chi connectivity index (χ1v) is 8.45. The van der Waals surface area contributed by atoms with Crippen molar-refractivity contribution >= 4 is 11.9 Å². The van der Waals surface area contributed by atoms with Crippen LogP contribution in [0.5, 0.6) is 11.5 Å². The number of rotatable bonds is 4. The van der Waals surface area contributed by atoms with Crippen molar-refractivity contribution in [3.05, 3.63) is 59.7 Å². The molecular weight excluding hydrogens is 330 g/mol. The number of benzene rings is 2. The molecule has 3 aromatic rings. The number of hydrogen-bond acceptors (Lipinski definition) is 6. The number of methoxy groups -OCH3 is 2. The van der Waals surface area contributed by atoms with Crippen LogP contribution in [0, 0.1) is 0 Å². The topological polar surface area (TPSA) is 87.2 Å². The molecule has 0 unspecified atom stereocenters. The second kappa shape index (κ2) is 6.59. The number of anilines is 2. The van der Waals surface area contributed by atoms with Gasteiger partial charge in [-0.25, -0.2) is 4.68 Å². The number of nitrogens with one attached hydrogen (secondary N) is 1. The van der Waals surface area contributed by atoms with E-state index in [2.05, 4.69) is 27.5 Å². The van der Waals surface area contributed by atoms with Crippen LogP contribution >= 0.6 is 0 Å². The predicted octanol–water partition coefficient (Wildman–Crippen LogP) is 3.02. The molecule has 0 fully saturated rings. The molecule has 4 rings (SSSR count). The van der Waals surface area contributed by atoms with E-state index in [-0.39, 0.29) is 18.0 Å². The second-order valence-electron chi connectivity index (χ2n) is 6.21. The van der Waals surface area contributed by atoms with Crippen molar-refractivity contribution in [3.63, 3.8) is 0 Å². The number of fused-ring (bicyclic) bond motifs is 1. The fourth-order valence-corrected chi connectivity index (χ4v) is 3.44. The molecule has 0 bridgehead atoms. The smallest absolute Gasteiger partial charge is 0.241 e. The molecule has 7 heteroatoms. The highest BCUT2D eigenvalue weighted by atomic mass is 16.5. The molecule has 2 aromatic carbocycles. The van der Waals surface area contributed by atoms with E-state index in [1.165, 1.54) is 5.56 Å². The lowest BCUT2D eigenvalue weighted by Gasteiger charge is -2.32. The van der Waals surface area contributed by atoms with Gasteiger partial charge in [-0.05, 0) is 29.7 Å². The van der Waals surface area contributed by atoms with E-state index >= 15 is 0 Å². The molecule has 0 amide bonds. The number of aromatic nitrogens is 3. The summed E-state index contributed by atoms with van der Waals surface area (Å²) in [5.41, 5.74) is 8.12. The van der Waals surface area contributed by atoms with Gasteiger partial charge in [0.25, 0.3) is 0 Å². The molecule has 0 saturated heterocycles. The first-order chi connectivity index (χ1) is 12.7. The van der Waals surface area contributed by atoms with Crippen LogP contribution in [0.25, 0.3) is 0 Å². The number of ether oxygens (including phenoxy) is 2. The van der Waals surface area contributed by atoms with Crippen molar-refractivity contribution in [1.29, 1.82) is 0 Å². The average Bonchev–Trinajstić information content (AvgIpc) is 3.07. The van der Waals surface area contributed by atoms with Crippen LogP contribution in [0.3, 0.4) is 0 Å². The van der Waals surface area contributed by atoms with Gasteiger partial charge in [0.1, 0.15) is 0 Å². The molecule has 2 heterocycles. The van der Waals surface area contributed by atoms with Gasteiger partial charge >= 0.3 is 0 Å². The van der Waals surface area contributed by atoms with Gasteiger partial charge in [-0.15, -0.1) is 5.10 Å². The monoisotopic (exact) mass is 351 g/mol. The standard InChI is InChI=1S/C19H21N5O2/c1-25-16-9-8-13(10-17(16)26-2)15-11-14(12-6-4-3-5-7-12)21-19-22-18(20)23-24(15)19/h3-10,14-15H,11H2,1-2H3,(H3,20,21,22,23)/t14-,15-/m1/s1. The van der Waals surface area contributed by atoms with Crippen LogP contribution in [-0.2, 0) is 0 Å². The highest BCUT2D eigenvalue weighted by Gasteiger charge is 2.31. The zero-order valence-corrected chi connectivity index (χ0v) is 14.7. The summed E-state index contributed by atoms with van der Waals surface area (Å²) in [6.07, 6.45) is 0.815. The van der Waals surface area contributed by atoms with Crippen molar-refractivity contribution in [2.45, 2.75) is 18.5 Å². The van der Waals surface area contributed by atoms with E-state index < -0.39 is 0 Å². The van der Waals surface area contributed by atoms with Gasteiger partial charge in [0.15, 0.2) is 11.5 Å². The maximum Gasteiger partial charge on any atom is 0.241 e. The van der Waals surface area contributed by atoms with Gasteiger partial charge in [0, 0.05) is 0 Å². The van der Waals surface area contributed by atoms with Crippen LogP contribution in [0.1, 0.15) is 29.6 Å². The van der Waals surface area contributed by atoms with Crippen LogP contribution in [0.2, 0.25) is 0 Å². The third kappa shape index (κ3) is 2.81. The van der Waals surface area contributed by atoms with E-state index in [1.807, 2.05) is 41.1 Å². The summed E-state index contributed by atoms with van der Waals surface area (Å²) in [6.45, 7) is 0. The van der Waals surface area contributed by atoms with Crippen molar-refractivity contribution < 1.29 is 9.47 Å². The Morgan fingerprint density at radius 1 is 1.04 bits per heavy atom. The Hall–Kier alpha value is -3.22. The highest BCUT2D eigenvalue weighted by molar-refractivity contribution is 5.47. The van der Waals surface area contributed by atoms with Crippen LogP contribution in [0.4, 0.5) is 11.9 Å². The van der Waals surface area contributed by atoms with Gasteiger partial charge in [-0.1, -0.05) is 36.4 Å². The molecule has 7 nitrogen and oxygen atoms in total. The Labute approximate surface area is 151 Å². The fraction of sp³-hybridized carbons (Fsp3) is 0.263. The molecule has 3 N–H and O–H groups in total. The van der Waals surface area contributed by atoms with Gasteiger partial charge < -0.3 is 20.5 Å². The minimum absolute atomic E-state index is 0.0129. The Morgan fingerprint density at radius 3 is 2.54 bits per heavy atom. The van der Waals surface area contributed by atoms with Gasteiger partial charge in [-0.3, -0.25) is 0 Å². The molecular formula is C19H21N5O2. The Kier molecular flexibility index (Phi) is 4.12. The summed E-state index contributed by atoms with van der Waals surface area (Å²) >= 11 is 0. The lowest BCUT2D eigenvalue weighted by molar-refractivity contribution is 0.352. The average molecular weight is 351 g/mol. The van der Waals surface area contributed by atoms with Crippen molar-refractivity contribution in [2.24, 2.45) is 0 Å². The third-order valence-electron chi connectivity index (χ3n) is 4.70. The predicted molar refractivity (Wildman–Crippen MR) is 99.5 cm³/mol. The van der Waals surface area contributed by atoms with Crippen molar-refractivity contribution in [3.8, 4) is 11.5 Å². The molecule has 0 radical (unpaired) electrons. The molecule has 0 spiro atoms. The minimum atomic E-state index is -0.0129. The summed E-state index contributed by atoms with van der Waals surface area (Å²) in [6, 6.07) is 16.3. The normalized spacial score (nSPS) is 18.7. The molecule has 0 aliphatic carbocycles. The summed E-state index contributed by atoms with van der Waals surface area (Å²) in [5, 5.41) is 7.82. The van der Waals surface area contributed by atoms with E-state index in [4.69, 9.17) is 15.2 Å². The molecule has 0 saturated carbocycles. The van der Waals surface area contributed by atoms with Crippen molar-refractivity contribution in [1.82, 2.24) is 14.8 Å². The van der Waals surface area contributed by atoms with Gasteiger partial charge in [-0.2, -0.15) is 4.98 Å². The number of nitrogens with zero attached hydrogens (tertiary/aromatic N) is 3. The zero-order chi connectivity index (χ0) is 18.1. The number of nitrogen functional groups attached to an aromatic ring is 1. The van der Waals surface area contributed by atoms with Crippen molar-refractivity contribution in [2.75, 3.05) is 25.3 Å². The van der Waals surface area contributed by atoms with E-state index in [9.17, 15) is 0 Å². The van der Waals surface area contributed by atoms with Crippen LogP contribution in [-0.4, -0.2) is 29.0 Å². The summed E-state index contributed by atoms with van der Waals surface area (Å²) in [4.78, 5) is 4.34. The van der Waals surface area contributed by atoms with Gasteiger partial charge in [0.05, 0.1) is 26.3 Å². The Bertz CT molecular complexity index is 910. The number of nitrogens with two attached hydrogens (primary N) is 1. The SMILES string of the molecule is COc1ccc([C@H]2C[C@H](c3ccccc3)Nc3nc(N)nn32)cc1OC. The highest BCUT2D eigenvalue weighted by Crippen LogP contribution is 2.40. The molecule has 1 aliphatic rings. The zero-order valence-electron chi connectivity index (χ0n) is 14.7. The largest absolute Gasteiger partial charge is 0.493 e. The quantitative estimate of drug-likeness (QED) is 0.751. The number of hydrogen-bond donors (Lipinski definition) is 2. The minimum Gasteiger partial charge on any atom is -0.493 e. The molecule has 134 valence electrons. The van der Waals surface area contributed by atoms with Crippen LogP contribution in [0.15, 0.2) is 48.5 Å². The lowest BCUT2D eigenvalue weighted by atomic mass is 9.93. The summed E-state index contributed by atoms with van der Waals surface area (Å²) < 4.78 is 12.7. The molecule has 1 aliphatic heterocycles. The third-order valence-corrected chi connectivity index (χ3v) is 4.70. The van der Waals surface area contributed by atoms with E-state index in [0.29, 0.717) is 17.4 Å². The summed E-state index contributed by atoms with van der Waals surface area (Å²) in [7, 11) is 3.26. The first-order valence-electron chi connectivity index (χ1n) is 8.45. The lowest BCUT2D eigenvalue weighted by Crippen LogP contribution is -2.28. The molecule has 2 atom stereocenters. The summed E-state index contributed by atoms with van der Waals surface area (Å²) in [5.74, 6) is 2.31. The van der Waals surface area contributed by atoms with Gasteiger partial charge in [0.2, 0.25) is 11.9 Å². The fourth-order valence-electron chi connectivity index (χ4n) is 3.44. The Morgan fingerprint density at radius 2 is 1.81 bits per heavy atom. The molecule has 26 heavy (non-hydrogen) atoms. The first kappa shape index (κ1) is 16.3. The maximum atomic E-state index is 5.86. The van der Waals surface area contributed by atoms with E-state index in [1.54, 1.807) is 14.2 Å². The molecule has 1 aromatic heterocycles. The maximum absolute atomic E-state index is 5.86. The second-order valence-corrected chi connectivity index (χ2v) is 6.21. The van der Waals surface area contributed by atoms with E-state index in [0.717, 1.165) is 12.0 Å². The van der Waals surface area contributed by atoms with Crippen LogP contribution < -0.4 is 20.5 Å². The Balaban J connectivity index is 1.76.